The molecule has 1 fully saturated rings. The molecule has 2 atom stereocenters. The van der Waals surface area contributed by atoms with E-state index in [9.17, 15) is 18.5 Å². The third kappa shape index (κ3) is 1.23. The smallest absolute Gasteiger partial charge is 0.287 e. The summed E-state index contributed by atoms with van der Waals surface area (Å²) in [6.07, 6.45) is 4.81. The molecule has 2 unspecified atom stereocenters. The first kappa shape index (κ1) is 10.3. The van der Waals surface area contributed by atoms with Gasteiger partial charge in [0.25, 0.3) is 0 Å². The van der Waals surface area contributed by atoms with Gasteiger partial charge in [0.2, 0.25) is 0 Å². The van der Waals surface area contributed by atoms with E-state index in [2.05, 4.69) is 0 Å². The Labute approximate surface area is 86.3 Å². The van der Waals surface area contributed by atoms with E-state index in [0.717, 1.165) is 12.3 Å². The van der Waals surface area contributed by atoms with Crippen LogP contribution in [0.4, 0.5) is 0 Å². The summed E-state index contributed by atoms with van der Waals surface area (Å²) in [7, 11) is -3.44. The van der Waals surface area contributed by atoms with Crippen LogP contribution in [-0.2, 0) is 14.6 Å². The Hall–Kier alpha value is -1.21. The molecule has 15 heavy (non-hydrogen) atoms. The van der Waals surface area contributed by atoms with Gasteiger partial charge in [-0.1, -0.05) is 0 Å². The normalized spacial score (nSPS) is 38.1. The molecule has 2 rings (SSSR count). The highest BCUT2D eigenvalue weighted by molar-refractivity contribution is 7.94. The van der Waals surface area contributed by atoms with Gasteiger partial charge >= 0.3 is 5.72 Å². The van der Waals surface area contributed by atoms with Gasteiger partial charge in [0.15, 0.2) is 15.4 Å². The number of rotatable bonds is 2. The molecule has 1 heterocycles. The van der Waals surface area contributed by atoms with Crippen LogP contribution < -0.4 is 0 Å². The molecule has 82 valence electrons. The van der Waals surface area contributed by atoms with Crippen molar-refractivity contribution in [2.75, 3.05) is 6.26 Å². The van der Waals surface area contributed by atoms with Crippen LogP contribution in [0.15, 0.2) is 23.1 Å². The fourth-order valence-corrected chi connectivity index (χ4v) is 2.30. The SMILES string of the molecule is CC12C=CC(S(C)(=O)=O)=CC1([N+](=O)[O-])O2. The molecule has 0 aromatic heterocycles. The minimum atomic E-state index is -3.44. The average Bonchev–Trinajstić information content (AvgIpc) is 2.69. The number of fused-ring (bicyclic) bond motifs is 1. The first-order chi connectivity index (χ1) is 6.71. The summed E-state index contributed by atoms with van der Waals surface area (Å²) >= 11 is 0. The van der Waals surface area contributed by atoms with E-state index in [1.165, 1.54) is 12.2 Å². The maximum absolute atomic E-state index is 11.2. The van der Waals surface area contributed by atoms with Gasteiger partial charge in [0.05, 0.1) is 9.83 Å². The van der Waals surface area contributed by atoms with E-state index >= 15 is 0 Å². The number of hydrogen-bond donors (Lipinski definition) is 0. The maximum Gasteiger partial charge on any atom is 0.379 e. The van der Waals surface area contributed by atoms with E-state index in [-0.39, 0.29) is 4.91 Å². The van der Waals surface area contributed by atoms with E-state index in [4.69, 9.17) is 4.74 Å². The van der Waals surface area contributed by atoms with E-state index in [1.54, 1.807) is 6.92 Å². The van der Waals surface area contributed by atoms with Gasteiger partial charge in [-0.25, -0.2) is 8.42 Å². The minimum Gasteiger partial charge on any atom is -0.287 e. The maximum atomic E-state index is 11.2. The molecule has 0 aromatic rings. The molecule has 0 N–H and O–H groups in total. The van der Waals surface area contributed by atoms with Crippen molar-refractivity contribution in [1.82, 2.24) is 0 Å². The molecule has 2 aliphatic rings. The van der Waals surface area contributed by atoms with E-state index in [0.29, 0.717) is 0 Å². The lowest BCUT2D eigenvalue weighted by Gasteiger charge is -2.09. The van der Waals surface area contributed by atoms with Crippen LogP contribution >= 0.6 is 0 Å². The first-order valence-corrected chi connectivity index (χ1v) is 6.07. The second-order valence-corrected chi connectivity index (χ2v) is 5.83. The summed E-state index contributed by atoms with van der Waals surface area (Å²) in [6.45, 7) is 1.54. The Morgan fingerprint density at radius 1 is 1.53 bits per heavy atom. The van der Waals surface area contributed by atoms with Crippen molar-refractivity contribution in [2.24, 2.45) is 0 Å². The minimum absolute atomic E-state index is 0.0748. The molecule has 1 aliphatic carbocycles. The third-order valence-corrected chi connectivity index (χ3v) is 3.75. The molecular formula is C8H9NO5S. The van der Waals surface area contributed by atoms with E-state index < -0.39 is 26.1 Å². The molecule has 7 heteroatoms. The summed E-state index contributed by atoms with van der Waals surface area (Å²) < 4.78 is 27.5. The lowest BCUT2D eigenvalue weighted by Crippen LogP contribution is -2.31. The van der Waals surface area contributed by atoms with Gasteiger partial charge < -0.3 is 0 Å². The topological polar surface area (TPSA) is 89.8 Å². The molecule has 0 spiro atoms. The molecule has 0 amide bonds. The van der Waals surface area contributed by atoms with Crippen LogP contribution in [0.25, 0.3) is 0 Å². The lowest BCUT2D eigenvalue weighted by atomic mass is 9.98. The molecule has 6 nitrogen and oxygen atoms in total. The van der Waals surface area contributed by atoms with Crippen molar-refractivity contribution < 1.29 is 18.1 Å². The highest BCUT2D eigenvalue weighted by Gasteiger charge is 2.77. The Kier molecular flexibility index (Phi) is 1.70. The fraction of sp³-hybridized carbons (Fsp3) is 0.500. The zero-order valence-corrected chi connectivity index (χ0v) is 8.95. The molecule has 0 saturated carbocycles. The Bertz CT molecular complexity index is 505. The monoisotopic (exact) mass is 231 g/mol. The number of hydrogen-bond acceptors (Lipinski definition) is 5. The molecule has 0 bridgehead atoms. The number of nitro groups is 1. The van der Waals surface area contributed by atoms with Gasteiger partial charge in [-0.05, 0) is 19.1 Å². The van der Waals surface area contributed by atoms with Crippen LogP contribution in [0.3, 0.4) is 0 Å². The summed E-state index contributed by atoms with van der Waals surface area (Å²) in [5.74, 6) is 0. The van der Waals surface area contributed by atoms with Crippen molar-refractivity contribution in [3.05, 3.63) is 33.2 Å². The van der Waals surface area contributed by atoms with Crippen molar-refractivity contribution in [2.45, 2.75) is 18.2 Å². The second kappa shape index (κ2) is 2.48. The Morgan fingerprint density at radius 3 is 2.60 bits per heavy atom. The average molecular weight is 231 g/mol. The van der Waals surface area contributed by atoms with Crippen molar-refractivity contribution in [3.63, 3.8) is 0 Å². The second-order valence-electron chi connectivity index (χ2n) is 3.81. The Balaban J connectivity index is 2.52. The summed E-state index contributed by atoms with van der Waals surface area (Å²) in [5.41, 5.74) is -2.70. The molecule has 1 saturated heterocycles. The number of ether oxygens (including phenoxy) is 1. The van der Waals surface area contributed by atoms with Crippen LogP contribution in [0.1, 0.15) is 6.92 Å². The predicted molar refractivity (Wildman–Crippen MR) is 51.3 cm³/mol. The molecular weight excluding hydrogens is 222 g/mol. The van der Waals surface area contributed by atoms with Gasteiger partial charge in [-0.2, -0.15) is 0 Å². The zero-order valence-electron chi connectivity index (χ0n) is 8.13. The largest absolute Gasteiger partial charge is 0.379 e. The quantitative estimate of drug-likeness (QED) is 0.386. The summed E-state index contributed by atoms with van der Waals surface area (Å²) in [6, 6.07) is 0. The zero-order chi connectivity index (χ0) is 11.5. The predicted octanol–water partition coefficient (Wildman–Crippen LogP) is 0.247. The van der Waals surface area contributed by atoms with Gasteiger partial charge in [0.1, 0.15) is 0 Å². The van der Waals surface area contributed by atoms with Crippen LogP contribution in [0, 0.1) is 10.1 Å². The standard InChI is InChI=1S/C8H9NO5S/c1-7-4-3-6(15(2,12)13)5-8(7,14-7)9(10)11/h3-5H,1-2H3. The van der Waals surface area contributed by atoms with Crippen LogP contribution in [0.2, 0.25) is 0 Å². The first-order valence-electron chi connectivity index (χ1n) is 4.18. The highest BCUT2D eigenvalue weighted by Crippen LogP contribution is 2.53. The van der Waals surface area contributed by atoms with Crippen molar-refractivity contribution in [1.29, 1.82) is 0 Å². The highest BCUT2D eigenvalue weighted by atomic mass is 32.2. The van der Waals surface area contributed by atoms with Crippen molar-refractivity contribution in [3.8, 4) is 0 Å². The van der Waals surface area contributed by atoms with Crippen LogP contribution in [0.5, 0.6) is 0 Å². The van der Waals surface area contributed by atoms with Crippen molar-refractivity contribution >= 4 is 9.84 Å². The molecule has 1 aliphatic heterocycles. The fourth-order valence-electron chi connectivity index (χ4n) is 1.61. The lowest BCUT2D eigenvalue weighted by molar-refractivity contribution is -0.549. The number of nitrogens with zero attached hydrogens (tertiary/aromatic N) is 1. The summed E-state index contributed by atoms with van der Waals surface area (Å²) in [5, 5.41) is 10.8. The number of epoxide rings is 1. The van der Waals surface area contributed by atoms with Gasteiger partial charge in [0, 0.05) is 12.3 Å². The van der Waals surface area contributed by atoms with Gasteiger partial charge in [-0.3, -0.25) is 14.9 Å². The van der Waals surface area contributed by atoms with Gasteiger partial charge in [-0.15, -0.1) is 0 Å². The third-order valence-electron chi connectivity index (χ3n) is 2.64. The molecule has 0 radical (unpaired) electrons. The number of allylic oxidation sites excluding steroid dienone is 1. The molecule has 0 aromatic carbocycles. The van der Waals surface area contributed by atoms with Crippen LogP contribution in [-0.4, -0.2) is 30.9 Å². The summed E-state index contributed by atoms with van der Waals surface area (Å²) in [4.78, 5) is 10.1. The number of sulfone groups is 1. The van der Waals surface area contributed by atoms with E-state index in [1.807, 2.05) is 0 Å². The Morgan fingerprint density at radius 2 is 2.13 bits per heavy atom.